The predicted molar refractivity (Wildman–Crippen MR) is 108 cm³/mol. The third-order valence-electron chi connectivity index (χ3n) is 3.99. The van der Waals surface area contributed by atoms with Gasteiger partial charge in [-0.05, 0) is 37.5 Å². The van der Waals surface area contributed by atoms with Gasteiger partial charge in [-0.3, -0.25) is 9.79 Å². The zero-order chi connectivity index (χ0) is 16.7. The van der Waals surface area contributed by atoms with E-state index < -0.39 is 0 Å². The Hall–Kier alpha value is -1.02. The summed E-state index contributed by atoms with van der Waals surface area (Å²) in [5.41, 5.74) is 1.15. The Kier molecular flexibility index (Phi) is 9.43. The largest absolute Gasteiger partial charge is 0.466 e. The van der Waals surface area contributed by atoms with Gasteiger partial charge in [-0.25, -0.2) is 0 Å². The predicted octanol–water partition coefficient (Wildman–Crippen LogP) is 3.31. The summed E-state index contributed by atoms with van der Waals surface area (Å²) in [7, 11) is 1.78. The molecule has 1 fully saturated rings. The van der Waals surface area contributed by atoms with Crippen LogP contribution in [0.1, 0.15) is 25.3 Å². The number of guanidine groups is 1. The molecule has 0 saturated carbocycles. The van der Waals surface area contributed by atoms with E-state index in [0.717, 1.165) is 42.5 Å². The van der Waals surface area contributed by atoms with Crippen LogP contribution >= 0.6 is 35.6 Å². The maximum Gasteiger partial charge on any atom is 0.309 e. The van der Waals surface area contributed by atoms with E-state index >= 15 is 0 Å². The highest BCUT2D eigenvalue weighted by Gasteiger charge is 2.27. The lowest BCUT2D eigenvalue weighted by Gasteiger charge is -2.33. The number of rotatable bonds is 4. The van der Waals surface area contributed by atoms with Crippen molar-refractivity contribution in [3.05, 3.63) is 34.9 Å². The third kappa shape index (κ3) is 6.12. The van der Waals surface area contributed by atoms with Crippen LogP contribution in [0.15, 0.2) is 29.3 Å². The van der Waals surface area contributed by atoms with Gasteiger partial charge in [-0.15, -0.1) is 24.0 Å². The lowest BCUT2D eigenvalue weighted by Crippen LogP contribution is -2.46. The number of carbonyl (C=O) groups is 1. The summed E-state index contributed by atoms with van der Waals surface area (Å²) in [4.78, 5) is 18.3. The normalized spacial score (nSPS) is 15.6. The minimum Gasteiger partial charge on any atom is -0.466 e. The Morgan fingerprint density at radius 2 is 1.96 bits per heavy atom. The summed E-state index contributed by atoms with van der Waals surface area (Å²) in [6.45, 7) is 4.61. The van der Waals surface area contributed by atoms with Crippen LogP contribution in [0.5, 0.6) is 0 Å². The Labute approximate surface area is 165 Å². The van der Waals surface area contributed by atoms with Gasteiger partial charge in [0.05, 0.1) is 12.5 Å². The molecule has 1 heterocycles. The number of halogens is 2. The Balaban J connectivity index is 0.00000288. The molecule has 1 aromatic rings. The van der Waals surface area contributed by atoms with E-state index in [4.69, 9.17) is 16.3 Å². The monoisotopic (exact) mass is 465 g/mol. The van der Waals surface area contributed by atoms with Crippen LogP contribution in [0.25, 0.3) is 0 Å². The van der Waals surface area contributed by atoms with Crippen molar-refractivity contribution < 1.29 is 9.53 Å². The molecule has 1 saturated heterocycles. The van der Waals surface area contributed by atoms with Crippen molar-refractivity contribution in [2.24, 2.45) is 10.9 Å². The van der Waals surface area contributed by atoms with Crippen molar-refractivity contribution in [2.75, 3.05) is 26.7 Å². The van der Waals surface area contributed by atoms with Crippen LogP contribution in [-0.4, -0.2) is 43.6 Å². The fraction of sp³-hybridized carbons (Fsp3) is 0.529. The molecule has 24 heavy (non-hydrogen) atoms. The molecule has 0 unspecified atom stereocenters. The number of carbonyl (C=O) groups excluding carboxylic acids is 1. The second kappa shape index (κ2) is 10.8. The van der Waals surface area contributed by atoms with Gasteiger partial charge < -0.3 is 15.0 Å². The van der Waals surface area contributed by atoms with Gasteiger partial charge in [-0.1, -0.05) is 23.7 Å². The van der Waals surface area contributed by atoms with Crippen LogP contribution in [0.2, 0.25) is 5.02 Å². The Morgan fingerprint density at radius 3 is 2.50 bits per heavy atom. The first kappa shape index (κ1) is 21.0. The smallest absolute Gasteiger partial charge is 0.309 e. The number of esters is 1. The van der Waals surface area contributed by atoms with Crippen molar-refractivity contribution in [3.8, 4) is 0 Å². The highest BCUT2D eigenvalue weighted by molar-refractivity contribution is 14.0. The van der Waals surface area contributed by atoms with E-state index in [9.17, 15) is 4.79 Å². The minimum absolute atomic E-state index is 0. The molecule has 0 spiro atoms. The van der Waals surface area contributed by atoms with E-state index in [2.05, 4.69) is 15.2 Å². The van der Waals surface area contributed by atoms with Gasteiger partial charge in [0.25, 0.3) is 0 Å². The molecule has 0 amide bonds. The van der Waals surface area contributed by atoms with Crippen LogP contribution in [-0.2, 0) is 16.1 Å². The molecule has 1 aromatic carbocycles. The summed E-state index contributed by atoms with van der Waals surface area (Å²) in [5.74, 6) is 0.805. The number of nitrogens with zero attached hydrogens (tertiary/aromatic N) is 2. The molecule has 1 aliphatic rings. The molecular weight excluding hydrogens is 441 g/mol. The van der Waals surface area contributed by atoms with Gasteiger partial charge in [0.15, 0.2) is 5.96 Å². The van der Waals surface area contributed by atoms with E-state index in [1.807, 2.05) is 31.2 Å². The topological polar surface area (TPSA) is 53.9 Å². The van der Waals surface area contributed by atoms with Gasteiger partial charge >= 0.3 is 5.97 Å². The molecule has 2 rings (SSSR count). The highest BCUT2D eigenvalue weighted by Crippen LogP contribution is 2.19. The number of benzene rings is 1. The number of nitrogens with one attached hydrogen (secondary N) is 1. The summed E-state index contributed by atoms with van der Waals surface area (Å²) in [5, 5.41) is 4.10. The molecular formula is C17H25ClIN3O2. The van der Waals surface area contributed by atoms with Crippen LogP contribution < -0.4 is 5.32 Å². The van der Waals surface area contributed by atoms with Crippen LogP contribution in [0.4, 0.5) is 0 Å². The minimum atomic E-state index is -0.0729. The molecule has 0 aromatic heterocycles. The van der Waals surface area contributed by atoms with Crippen LogP contribution in [0, 0.1) is 5.92 Å². The number of hydrogen-bond donors (Lipinski definition) is 1. The maximum atomic E-state index is 11.8. The SMILES string of the molecule is CCOC(=O)C1CCN(C(=NC)NCc2ccc(Cl)cc2)CC1.I. The number of likely N-dealkylation sites (tertiary alicyclic amines) is 1. The average molecular weight is 466 g/mol. The van der Waals surface area contributed by atoms with Crippen LogP contribution in [0.3, 0.4) is 0 Å². The zero-order valence-electron chi connectivity index (χ0n) is 14.1. The molecule has 0 bridgehead atoms. The number of hydrogen-bond acceptors (Lipinski definition) is 3. The summed E-state index contributed by atoms with van der Waals surface area (Å²) < 4.78 is 5.10. The molecule has 1 N–H and O–H groups in total. The van der Waals surface area contributed by atoms with E-state index in [0.29, 0.717) is 13.2 Å². The number of ether oxygens (including phenoxy) is 1. The van der Waals surface area contributed by atoms with E-state index in [-0.39, 0.29) is 35.9 Å². The van der Waals surface area contributed by atoms with E-state index in [1.165, 1.54) is 0 Å². The van der Waals surface area contributed by atoms with Gasteiger partial charge in [-0.2, -0.15) is 0 Å². The Morgan fingerprint density at radius 1 is 1.33 bits per heavy atom. The zero-order valence-corrected chi connectivity index (χ0v) is 17.2. The summed E-state index contributed by atoms with van der Waals surface area (Å²) >= 11 is 5.89. The van der Waals surface area contributed by atoms with Crippen molar-refractivity contribution in [3.63, 3.8) is 0 Å². The first-order valence-electron chi connectivity index (χ1n) is 8.00. The number of piperidine rings is 1. The van der Waals surface area contributed by atoms with Gasteiger partial charge in [0, 0.05) is 31.7 Å². The lowest BCUT2D eigenvalue weighted by atomic mass is 9.97. The standard InChI is InChI=1S/C17H24ClN3O2.HI/c1-3-23-16(22)14-8-10-21(11-9-14)17(19-2)20-12-13-4-6-15(18)7-5-13;/h4-7,14H,3,8-12H2,1-2H3,(H,19,20);1H. The van der Waals surface area contributed by atoms with Gasteiger partial charge in [0.1, 0.15) is 0 Å². The third-order valence-corrected chi connectivity index (χ3v) is 4.24. The average Bonchev–Trinajstić information content (AvgIpc) is 2.58. The molecule has 0 atom stereocenters. The molecule has 1 aliphatic heterocycles. The molecule has 5 nitrogen and oxygen atoms in total. The van der Waals surface area contributed by atoms with Gasteiger partial charge in [0.2, 0.25) is 0 Å². The van der Waals surface area contributed by atoms with E-state index in [1.54, 1.807) is 7.05 Å². The van der Waals surface area contributed by atoms with Crippen molar-refractivity contribution in [2.45, 2.75) is 26.3 Å². The fourth-order valence-electron chi connectivity index (χ4n) is 2.70. The molecule has 7 heteroatoms. The first-order valence-corrected chi connectivity index (χ1v) is 8.38. The summed E-state index contributed by atoms with van der Waals surface area (Å²) in [6, 6.07) is 7.75. The first-order chi connectivity index (χ1) is 11.1. The highest BCUT2D eigenvalue weighted by atomic mass is 127. The fourth-order valence-corrected chi connectivity index (χ4v) is 2.83. The lowest BCUT2D eigenvalue weighted by molar-refractivity contribution is -0.149. The summed E-state index contributed by atoms with van der Waals surface area (Å²) in [6.07, 6.45) is 1.61. The Bertz CT molecular complexity index is 543. The van der Waals surface area contributed by atoms with Crippen molar-refractivity contribution in [1.82, 2.24) is 10.2 Å². The maximum absolute atomic E-state index is 11.8. The van der Waals surface area contributed by atoms with Crippen molar-refractivity contribution >= 4 is 47.5 Å². The molecule has 0 radical (unpaired) electrons. The second-order valence-corrected chi connectivity index (χ2v) is 5.98. The quantitative estimate of drug-likeness (QED) is 0.321. The molecule has 0 aliphatic carbocycles. The second-order valence-electron chi connectivity index (χ2n) is 5.54. The van der Waals surface area contributed by atoms with Crippen molar-refractivity contribution in [1.29, 1.82) is 0 Å². The molecule has 134 valence electrons. The number of aliphatic imine (C=N–C) groups is 1.